The van der Waals surface area contributed by atoms with Crippen LogP contribution in [0.2, 0.25) is 5.02 Å². The predicted octanol–water partition coefficient (Wildman–Crippen LogP) is 4.87. The van der Waals surface area contributed by atoms with Crippen LogP contribution in [-0.4, -0.2) is 21.5 Å². The highest BCUT2D eigenvalue weighted by molar-refractivity contribution is 7.80. The van der Waals surface area contributed by atoms with Crippen molar-refractivity contribution in [1.82, 2.24) is 9.88 Å². The van der Waals surface area contributed by atoms with Crippen molar-refractivity contribution in [2.24, 2.45) is 0 Å². The zero-order valence-corrected chi connectivity index (χ0v) is 15.0. The zero-order chi connectivity index (χ0) is 19.2. The van der Waals surface area contributed by atoms with E-state index in [1.807, 2.05) is 12.1 Å². The Hall–Kier alpha value is -2.37. The first kappa shape index (κ1) is 19.9. The molecule has 136 valence electrons. The topological polar surface area (TPSA) is 52.0 Å². The van der Waals surface area contributed by atoms with Crippen LogP contribution in [0, 0.1) is 11.3 Å². The number of nitrogens with one attached hydrogen (secondary N) is 1. The van der Waals surface area contributed by atoms with E-state index in [0.29, 0.717) is 13.1 Å². The molecule has 0 fully saturated rings. The number of aromatic nitrogens is 1. The Labute approximate surface area is 159 Å². The standard InChI is InChI=1S/C17H14ClF3N4S/c18-15-5-4-13(9-14(15)17(19,20)21)24-16(26)25(8-2-6-22)11-12-3-1-7-23-10-12/h1,3-5,7,9-10H,2,8,11H2,(H,24,26). The number of halogens is 4. The van der Waals surface area contributed by atoms with Crippen molar-refractivity contribution >= 4 is 34.6 Å². The van der Waals surface area contributed by atoms with Crippen LogP contribution in [0.3, 0.4) is 0 Å². The van der Waals surface area contributed by atoms with Crippen molar-refractivity contribution in [2.75, 3.05) is 11.9 Å². The van der Waals surface area contributed by atoms with Gasteiger partial charge in [-0.3, -0.25) is 4.98 Å². The van der Waals surface area contributed by atoms with Gasteiger partial charge in [-0.2, -0.15) is 18.4 Å². The summed E-state index contributed by atoms with van der Waals surface area (Å²) in [6.07, 6.45) is -1.05. The molecule has 1 aromatic heterocycles. The quantitative estimate of drug-likeness (QED) is 0.728. The molecule has 0 aliphatic rings. The SMILES string of the molecule is N#CCCN(Cc1cccnc1)C(=S)Nc1ccc(Cl)c(C(F)(F)F)c1. The third kappa shape index (κ3) is 5.58. The predicted molar refractivity (Wildman–Crippen MR) is 97.6 cm³/mol. The number of anilines is 1. The summed E-state index contributed by atoms with van der Waals surface area (Å²) >= 11 is 10.9. The molecule has 0 saturated heterocycles. The number of hydrogen-bond acceptors (Lipinski definition) is 3. The van der Waals surface area contributed by atoms with E-state index < -0.39 is 11.7 Å². The van der Waals surface area contributed by atoms with E-state index >= 15 is 0 Å². The van der Waals surface area contributed by atoms with E-state index in [9.17, 15) is 13.2 Å². The van der Waals surface area contributed by atoms with Crippen LogP contribution in [-0.2, 0) is 12.7 Å². The highest BCUT2D eigenvalue weighted by Gasteiger charge is 2.33. The molecule has 0 radical (unpaired) electrons. The number of nitriles is 1. The normalized spacial score (nSPS) is 10.9. The Balaban J connectivity index is 2.17. The molecule has 0 aliphatic carbocycles. The maximum absolute atomic E-state index is 13.0. The molecule has 0 saturated carbocycles. The molecule has 0 aliphatic heterocycles. The van der Waals surface area contributed by atoms with Gasteiger partial charge >= 0.3 is 6.18 Å². The monoisotopic (exact) mass is 398 g/mol. The molecule has 26 heavy (non-hydrogen) atoms. The van der Waals surface area contributed by atoms with E-state index in [1.54, 1.807) is 23.4 Å². The molecule has 1 heterocycles. The van der Waals surface area contributed by atoms with E-state index in [0.717, 1.165) is 17.7 Å². The molecule has 1 N–H and O–H groups in total. The molecule has 0 amide bonds. The molecule has 4 nitrogen and oxygen atoms in total. The average molecular weight is 399 g/mol. The van der Waals surface area contributed by atoms with Crippen molar-refractivity contribution in [3.63, 3.8) is 0 Å². The summed E-state index contributed by atoms with van der Waals surface area (Å²) in [7, 11) is 0. The molecule has 0 atom stereocenters. The maximum Gasteiger partial charge on any atom is 0.417 e. The van der Waals surface area contributed by atoms with Gasteiger partial charge in [-0.1, -0.05) is 17.7 Å². The third-order valence-electron chi connectivity index (χ3n) is 3.40. The fourth-order valence-electron chi connectivity index (χ4n) is 2.17. The minimum absolute atomic E-state index is 0.167. The number of nitrogens with zero attached hydrogens (tertiary/aromatic N) is 3. The minimum atomic E-state index is -4.56. The highest BCUT2D eigenvalue weighted by atomic mass is 35.5. The molecule has 2 rings (SSSR count). The van der Waals surface area contributed by atoms with Gasteiger partial charge in [0.15, 0.2) is 5.11 Å². The molecular formula is C17H14ClF3N4S. The number of rotatable bonds is 5. The fourth-order valence-corrected chi connectivity index (χ4v) is 2.67. The maximum atomic E-state index is 13.0. The van der Waals surface area contributed by atoms with Gasteiger partial charge in [0.1, 0.15) is 0 Å². The van der Waals surface area contributed by atoms with Gasteiger partial charge in [-0.15, -0.1) is 0 Å². The second-order valence-electron chi connectivity index (χ2n) is 5.31. The van der Waals surface area contributed by atoms with E-state index in [1.165, 1.54) is 6.07 Å². The van der Waals surface area contributed by atoms with Gasteiger partial charge in [-0.25, -0.2) is 0 Å². The summed E-state index contributed by atoms with van der Waals surface area (Å²) in [5.74, 6) is 0. The summed E-state index contributed by atoms with van der Waals surface area (Å²) in [6, 6.07) is 9.12. The van der Waals surface area contributed by atoms with Crippen LogP contribution >= 0.6 is 23.8 Å². The third-order valence-corrected chi connectivity index (χ3v) is 4.09. The average Bonchev–Trinajstić information content (AvgIpc) is 2.60. The van der Waals surface area contributed by atoms with E-state index in [2.05, 4.69) is 10.3 Å². The molecule has 0 bridgehead atoms. The highest BCUT2D eigenvalue weighted by Crippen LogP contribution is 2.36. The summed E-state index contributed by atoms with van der Waals surface area (Å²) in [4.78, 5) is 5.71. The van der Waals surface area contributed by atoms with Crippen molar-refractivity contribution in [2.45, 2.75) is 19.1 Å². The van der Waals surface area contributed by atoms with Crippen LogP contribution in [0.4, 0.5) is 18.9 Å². The molecular weight excluding hydrogens is 385 g/mol. The van der Waals surface area contributed by atoms with Crippen LogP contribution in [0.15, 0.2) is 42.7 Å². The fraction of sp³-hybridized carbons (Fsp3) is 0.235. The lowest BCUT2D eigenvalue weighted by atomic mass is 10.2. The number of thiocarbonyl (C=S) groups is 1. The number of benzene rings is 1. The Kier molecular flexibility index (Phi) is 6.77. The first-order chi connectivity index (χ1) is 12.3. The Bertz CT molecular complexity index is 806. The summed E-state index contributed by atoms with van der Waals surface area (Å²) in [5, 5.41) is 11.4. The lowest BCUT2D eigenvalue weighted by Crippen LogP contribution is -2.35. The van der Waals surface area contributed by atoms with Crippen molar-refractivity contribution < 1.29 is 13.2 Å². The zero-order valence-electron chi connectivity index (χ0n) is 13.4. The molecule has 2 aromatic rings. The number of pyridine rings is 1. The number of hydrogen-bond donors (Lipinski definition) is 1. The molecule has 0 spiro atoms. The minimum Gasteiger partial charge on any atom is -0.344 e. The van der Waals surface area contributed by atoms with E-state index in [4.69, 9.17) is 29.1 Å². The van der Waals surface area contributed by atoms with Crippen molar-refractivity contribution in [1.29, 1.82) is 5.26 Å². The second-order valence-corrected chi connectivity index (χ2v) is 6.11. The van der Waals surface area contributed by atoms with Gasteiger partial charge < -0.3 is 10.2 Å². The first-order valence-corrected chi connectivity index (χ1v) is 8.28. The van der Waals surface area contributed by atoms with Crippen molar-refractivity contribution in [3.8, 4) is 6.07 Å². The van der Waals surface area contributed by atoms with E-state index in [-0.39, 0.29) is 22.2 Å². The Morgan fingerprint density at radius 3 is 2.73 bits per heavy atom. The second kappa shape index (κ2) is 8.83. The summed E-state index contributed by atoms with van der Waals surface area (Å²) in [6.45, 7) is 0.706. The van der Waals surface area contributed by atoms with Gasteiger partial charge in [-0.05, 0) is 42.0 Å². The summed E-state index contributed by atoms with van der Waals surface area (Å²) < 4.78 is 38.9. The molecule has 9 heteroatoms. The van der Waals surface area contributed by atoms with Crippen LogP contribution < -0.4 is 5.32 Å². The molecule has 0 unspecified atom stereocenters. The van der Waals surface area contributed by atoms with Crippen molar-refractivity contribution in [3.05, 3.63) is 58.9 Å². The van der Waals surface area contributed by atoms with Gasteiger partial charge in [0.05, 0.1) is 23.1 Å². The summed E-state index contributed by atoms with van der Waals surface area (Å²) in [5.41, 5.74) is 0.0874. The smallest absolute Gasteiger partial charge is 0.344 e. The lowest BCUT2D eigenvalue weighted by Gasteiger charge is -2.25. The van der Waals surface area contributed by atoms with Gasteiger partial charge in [0.25, 0.3) is 0 Å². The molecule has 1 aromatic carbocycles. The largest absolute Gasteiger partial charge is 0.417 e. The van der Waals surface area contributed by atoms with Crippen LogP contribution in [0.25, 0.3) is 0 Å². The van der Waals surface area contributed by atoms with Crippen LogP contribution in [0.1, 0.15) is 17.5 Å². The number of alkyl halides is 3. The van der Waals surface area contributed by atoms with Gasteiger partial charge in [0, 0.05) is 31.2 Å². The van der Waals surface area contributed by atoms with Crippen LogP contribution in [0.5, 0.6) is 0 Å². The van der Waals surface area contributed by atoms with Gasteiger partial charge in [0.2, 0.25) is 0 Å². The Morgan fingerprint density at radius 1 is 1.35 bits per heavy atom. The first-order valence-electron chi connectivity index (χ1n) is 7.50. The Morgan fingerprint density at radius 2 is 2.12 bits per heavy atom. The lowest BCUT2D eigenvalue weighted by molar-refractivity contribution is -0.137.